The van der Waals surface area contributed by atoms with Gasteiger partial charge in [-0.25, -0.2) is 4.98 Å². The molecule has 8 heteroatoms. The Morgan fingerprint density at radius 1 is 1.24 bits per heavy atom. The van der Waals surface area contributed by atoms with E-state index in [1.54, 1.807) is 24.8 Å². The molecule has 1 aliphatic rings. The van der Waals surface area contributed by atoms with Crippen LogP contribution in [0.4, 0.5) is 0 Å². The quantitative estimate of drug-likeness (QED) is 0.717. The molecule has 8 nitrogen and oxygen atoms in total. The Balaban J connectivity index is 1.84. The van der Waals surface area contributed by atoms with Crippen LogP contribution in [-0.2, 0) is 4.79 Å². The largest absolute Gasteiger partial charge is 0.481 e. The van der Waals surface area contributed by atoms with Crippen LogP contribution >= 0.6 is 0 Å². The lowest BCUT2D eigenvalue weighted by Crippen LogP contribution is -2.49. The molecule has 4 rings (SSSR count). The molecule has 0 aromatic carbocycles. The van der Waals surface area contributed by atoms with Gasteiger partial charge in [-0.15, -0.1) is 0 Å². The van der Waals surface area contributed by atoms with Gasteiger partial charge in [0.1, 0.15) is 11.5 Å². The van der Waals surface area contributed by atoms with Crippen molar-refractivity contribution in [1.29, 1.82) is 0 Å². The zero-order chi connectivity index (χ0) is 20.9. The molecule has 1 N–H and O–H groups in total. The number of hydrogen-bond acceptors (Lipinski definition) is 6. The Kier molecular flexibility index (Phi) is 4.64. The van der Waals surface area contributed by atoms with Gasteiger partial charge in [0.05, 0.1) is 28.3 Å². The smallest absolute Gasteiger partial charge is 0.308 e. The molecule has 0 spiro atoms. The van der Waals surface area contributed by atoms with Crippen molar-refractivity contribution < 1.29 is 23.6 Å². The van der Waals surface area contributed by atoms with Gasteiger partial charge in [0.2, 0.25) is 0 Å². The van der Waals surface area contributed by atoms with Gasteiger partial charge in [0.15, 0.2) is 0 Å². The van der Waals surface area contributed by atoms with E-state index in [4.69, 9.17) is 8.94 Å². The molecular formula is C21H23N3O5. The van der Waals surface area contributed by atoms with Crippen molar-refractivity contribution in [2.45, 2.75) is 46.6 Å². The predicted octanol–water partition coefficient (Wildman–Crippen LogP) is 3.73. The number of aliphatic carboxylic acids is 1. The zero-order valence-corrected chi connectivity index (χ0v) is 16.9. The minimum Gasteiger partial charge on any atom is -0.481 e. The summed E-state index contributed by atoms with van der Waals surface area (Å²) in [4.78, 5) is 31.3. The average molecular weight is 397 g/mol. The fourth-order valence-electron chi connectivity index (χ4n) is 4.20. The lowest BCUT2D eigenvalue weighted by Gasteiger charge is -2.37. The van der Waals surface area contributed by atoms with Crippen LogP contribution in [0.3, 0.4) is 0 Å². The number of nitrogens with zero attached hydrogens (tertiary/aromatic N) is 3. The van der Waals surface area contributed by atoms with Crippen LogP contribution in [0.5, 0.6) is 0 Å². The topological polar surface area (TPSA) is 110 Å². The molecule has 0 unspecified atom stereocenters. The van der Waals surface area contributed by atoms with Crippen molar-refractivity contribution in [3.05, 3.63) is 34.9 Å². The van der Waals surface area contributed by atoms with Gasteiger partial charge < -0.3 is 18.9 Å². The van der Waals surface area contributed by atoms with Crippen LogP contribution in [0, 0.1) is 26.7 Å². The highest BCUT2D eigenvalue weighted by Crippen LogP contribution is 2.33. The number of fused-ring (bicyclic) bond motifs is 1. The number of amides is 1. The third kappa shape index (κ3) is 3.18. The van der Waals surface area contributed by atoms with E-state index in [1.165, 1.54) is 0 Å². The summed E-state index contributed by atoms with van der Waals surface area (Å²) >= 11 is 0. The van der Waals surface area contributed by atoms with Crippen molar-refractivity contribution >= 4 is 23.0 Å². The third-order valence-electron chi connectivity index (χ3n) is 5.73. The number of carboxylic acids is 1. The number of likely N-dealkylation sites (tertiary alicyclic amines) is 1. The minimum absolute atomic E-state index is 0.235. The molecule has 3 aromatic heterocycles. The van der Waals surface area contributed by atoms with E-state index in [0.29, 0.717) is 47.5 Å². The number of rotatable bonds is 3. The number of carbonyl (C=O) groups excluding carboxylic acids is 1. The van der Waals surface area contributed by atoms with Gasteiger partial charge in [-0.3, -0.25) is 9.59 Å². The summed E-state index contributed by atoms with van der Waals surface area (Å²) in [7, 11) is 0. The van der Waals surface area contributed by atoms with Crippen LogP contribution in [0.15, 0.2) is 21.1 Å². The molecule has 0 bridgehead atoms. The monoisotopic (exact) mass is 397 g/mol. The van der Waals surface area contributed by atoms with Crippen molar-refractivity contribution in [1.82, 2.24) is 15.0 Å². The van der Waals surface area contributed by atoms with Crippen molar-refractivity contribution in [3.8, 4) is 11.3 Å². The van der Waals surface area contributed by atoms with Gasteiger partial charge in [0.25, 0.3) is 11.6 Å². The summed E-state index contributed by atoms with van der Waals surface area (Å²) in [6, 6.07) is 3.19. The normalized spacial score (nSPS) is 19.7. The van der Waals surface area contributed by atoms with Gasteiger partial charge in [-0.2, -0.15) is 0 Å². The molecule has 0 saturated carbocycles. The van der Waals surface area contributed by atoms with Crippen LogP contribution in [0.25, 0.3) is 22.4 Å². The van der Waals surface area contributed by atoms with Gasteiger partial charge in [-0.1, -0.05) is 5.16 Å². The Morgan fingerprint density at radius 3 is 2.66 bits per heavy atom. The number of aromatic nitrogens is 2. The van der Waals surface area contributed by atoms with E-state index in [-0.39, 0.29) is 11.6 Å². The molecular weight excluding hydrogens is 374 g/mol. The second-order valence-electron chi connectivity index (χ2n) is 7.66. The van der Waals surface area contributed by atoms with Crippen LogP contribution in [-0.4, -0.2) is 44.6 Å². The highest BCUT2D eigenvalue weighted by Gasteiger charge is 2.36. The average Bonchev–Trinajstić information content (AvgIpc) is 3.22. The summed E-state index contributed by atoms with van der Waals surface area (Å²) in [5.41, 5.74) is 2.61. The first-order valence-corrected chi connectivity index (χ1v) is 9.66. The summed E-state index contributed by atoms with van der Waals surface area (Å²) in [6.45, 7) is 7.75. The second-order valence-corrected chi connectivity index (χ2v) is 7.66. The van der Waals surface area contributed by atoms with Crippen LogP contribution in [0.1, 0.15) is 47.3 Å². The predicted molar refractivity (Wildman–Crippen MR) is 105 cm³/mol. The molecule has 1 saturated heterocycles. The fourth-order valence-corrected chi connectivity index (χ4v) is 4.20. The number of hydrogen-bond donors (Lipinski definition) is 1. The molecule has 0 radical (unpaired) electrons. The lowest BCUT2D eigenvalue weighted by atomic mass is 9.89. The zero-order valence-electron chi connectivity index (χ0n) is 16.9. The van der Waals surface area contributed by atoms with E-state index in [0.717, 1.165) is 11.3 Å². The summed E-state index contributed by atoms with van der Waals surface area (Å²) in [5.74, 6) is -0.245. The SMILES string of the molecule is Cc1cc(-c2cc(C(=O)N3CCC[C@@H](C(=O)O)[C@H]3C)c3c(C)noc3n2)c(C)o1. The van der Waals surface area contributed by atoms with E-state index in [9.17, 15) is 14.7 Å². The molecule has 152 valence electrons. The van der Waals surface area contributed by atoms with E-state index >= 15 is 0 Å². The summed E-state index contributed by atoms with van der Waals surface area (Å²) in [5, 5.41) is 14.0. The highest BCUT2D eigenvalue weighted by atomic mass is 16.5. The molecule has 1 amide bonds. The molecule has 1 aliphatic heterocycles. The van der Waals surface area contributed by atoms with Gasteiger partial charge >= 0.3 is 5.97 Å². The lowest BCUT2D eigenvalue weighted by molar-refractivity contribution is -0.144. The van der Waals surface area contributed by atoms with E-state index < -0.39 is 17.9 Å². The number of furan rings is 1. The minimum atomic E-state index is -0.874. The van der Waals surface area contributed by atoms with Crippen LogP contribution in [0.2, 0.25) is 0 Å². The molecule has 4 heterocycles. The first-order chi connectivity index (χ1) is 13.8. The standard InChI is InChI=1S/C21H23N3O5/c1-10-8-15(13(4)28-10)17-9-16(18-11(2)23-29-19(18)22-17)20(25)24-7-5-6-14(12(24)3)21(26)27/h8-9,12,14H,5-7H2,1-4H3,(H,26,27)/t12-,14-/m1/s1. The Bertz CT molecular complexity index is 1110. The molecule has 29 heavy (non-hydrogen) atoms. The van der Waals surface area contributed by atoms with Gasteiger partial charge in [0, 0.05) is 18.2 Å². The molecule has 0 aliphatic carbocycles. The maximum absolute atomic E-state index is 13.5. The van der Waals surface area contributed by atoms with Gasteiger partial charge in [-0.05, 0) is 52.7 Å². The fraction of sp³-hybridized carbons (Fsp3) is 0.429. The first kappa shape index (κ1) is 19.2. The second kappa shape index (κ2) is 7.02. The third-order valence-corrected chi connectivity index (χ3v) is 5.73. The number of carbonyl (C=O) groups is 2. The summed E-state index contributed by atoms with van der Waals surface area (Å²) < 4.78 is 11.0. The molecule has 2 atom stereocenters. The van der Waals surface area contributed by atoms with Crippen molar-refractivity contribution in [3.63, 3.8) is 0 Å². The number of carboxylic acid groups (broad SMARTS) is 1. The highest BCUT2D eigenvalue weighted by molar-refractivity contribution is 6.07. The van der Waals surface area contributed by atoms with Crippen molar-refractivity contribution in [2.24, 2.45) is 5.92 Å². The first-order valence-electron chi connectivity index (χ1n) is 9.66. The Hall–Kier alpha value is -3.16. The Labute approximate surface area is 167 Å². The van der Waals surface area contributed by atoms with E-state index in [2.05, 4.69) is 10.1 Å². The maximum Gasteiger partial charge on any atom is 0.308 e. The maximum atomic E-state index is 13.5. The number of pyridine rings is 1. The molecule has 1 fully saturated rings. The van der Waals surface area contributed by atoms with E-state index in [1.807, 2.05) is 19.9 Å². The Morgan fingerprint density at radius 2 is 2.00 bits per heavy atom. The molecule has 3 aromatic rings. The van der Waals surface area contributed by atoms with Crippen molar-refractivity contribution in [2.75, 3.05) is 6.54 Å². The number of piperidine rings is 1. The van der Waals surface area contributed by atoms with Crippen LogP contribution < -0.4 is 0 Å². The number of aryl methyl sites for hydroxylation is 3. The summed E-state index contributed by atoms with van der Waals surface area (Å²) in [6.07, 6.45) is 1.22.